The zero-order chi connectivity index (χ0) is 45.2. The van der Waals surface area contributed by atoms with Crippen molar-refractivity contribution in [2.75, 3.05) is 26.2 Å². The summed E-state index contributed by atoms with van der Waals surface area (Å²) in [6, 6.07) is 25.4. The Bertz CT molecular complexity index is 2700. The van der Waals surface area contributed by atoms with Crippen LogP contribution in [0.2, 0.25) is 0 Å². The van der Waals surface area contributed by atoms with Gasteiger partial charge >= 0.3 is 12.4 Å². The molecule has 2 heterocycles. The molecule has 8 rings (SSSR count). The number of rotatable bonds is 8. The lowest BCUT2D eigenvalue weighted by Gasteiger charge is -2.38. The Kier molecular flexibility index (Phi) is 10.00. The lowest BCUT2D eigenvalue weighted by molar-refractivity contribution is -0.288. The summed E-state index contributed by atoms with van der Waals surface area (Å²) in [5.41, 5.74) is -0.899. The Morgan fingerprint density at radius 3 is 1.19 bits per heavy atom. The van der Waals surface area contributed by atoms with E-state index in [0.717, 1.165) is 42.0 Å². The molecule has 0 aliphatic carbocycles. The predicted octanol–water partition coefficient (Wildman–Crippen LogP) is 9.09. The van der Waals surface area contributed by atoms with Crippen molar-refractivity contribution in [3.8, 4) is 0 Å². The Balaban J connectivity index is 1.06. The monoisotopic (exact) mass is 861 g/mol. The molecule has 316 valence electrons. The number of anilines is 5. The fourth-order valence-corrected chi connectivity index (χ4v) is 7.55. The van der Waals surface area contributed by atoms with Crippen LogP contribution in [0, 0.1) is 6.92 Å². The van der Waals surface area contributed by atoms with E-state index in [1.807, 2.05) is 6.92 Å². The number of halogens is 6. The van der Waals surface area contributed by atoms with Crippen LogP contribution in [0.5, 0.6) is 0 Å². The normalized spacial score (nSPS) is 13.9. The summed E-state index contributed by atoms with van der Waals surface area (Å²) in [5, 5.41) is 5.27. The maximum atomic E-state index is 15.1. The van der Waals surface area contributed by atoms with Crippen LogP contribution in [0.15, 0.2) is 133 Å². The number of carbonyl (C=O) groups excluding carboxylic acids is 6. The molecule has 0 atom stereocenters. The molecule has 0 aromatic heterocycles. The summed E-state index contributed by atoms with van der Waals surface area (Å²) in [5.74, 6) is -5.06. The van der Waals surface area contributed by atoms with Crippen molar-refractivity contribution in [3.63, 3.8) is 0 Å². The Morgan fingerprint density at radius 2 is 0.825 bits per heavy atom. The SMILES string of the molecule is Cc1ccc(NC(=O)c2ccc3c(c2)C(=O)N(c2ccc(C(c4ccc(N5C(=O)c6ccc(C(=O)Nc7ccc(N)cc7)cc6C5=O)cc4)(C(F)(F)F)C(F)(F)F)cc2)C3=O)cc1. The van der Waals surface area contributed by atoms with E-state index >= 15 is 26.3 Å². The molecule has 0 radical (unpaired) electrons. The van der Waals surface area contributed by atoms with Gasteiger partial charge in [0.1, 0.15) is 0 Å². The van der Waals surface area contributed by atoms with Gasteiger partial charge in [-0.05, 0) is 115 Å². The first kappa shape index (κ1) is 41.6. The highest BCUT2D eigenvalue weighted by Crippen LogP contribution is 2.56. The third-order valence-corrected chi connectivity index (χ3v) is 10.7. The van der Waals surface area contributed by atoms with E-state index in [4.69, 9.17) is 5.73 Å². The van der Waals surface area contributed by atoms with E-state index in [9.17, 15) is 28.8 Å². The Labute approximate surface area is 352 Å². The average Bonchev–Trinajstić information content (AvgIpc) is 3.65. The molecule has 6 aromatic rings. The highest BCUT2D eigenvalue weighted by Gasteiger charge is 2.72. The molecule has 0 spiro atoms. The standard InChI is InChI=1S/C46H29F6N5O6/c1-24-2-12-30(13-3-24)54-38(58)25-4-20-34-36(22-25)42(62)56(40(34)60)32-16-6-27(7-17-32)44(45(47,48)49,46(50,51)52)28-8-18-33(19-9-28)57-41(61)35-21-5-26(23-37(35)43(57)63)39(59)55-31-14-10-29(53)11-15-31/h2-23H,53H2,1H3,(H,54,58)(H,55,59). The number of nitrogens with one attached hydrogen (secondary N) is 2. The van der Waals surface area contributed by atoms with E-state index < -0.39 is 64.3 Å². The lowest BCUT2D eigenvalue weighted by atomic mass is 9.73. The van der Waals surface area contributed by atoms with Gasteiger partial charge in [0.05, 0.1) is 33.6 Å². The summed E-state index contributed by atoms with van der Waals surface area (Å²) in [6.45, 7) is 1.85. The minimum absolute atomic E-state index is 0.00591. The first-order valence-corrected chi connectivity index (χ1v) is 18.8. The minimum atomic E-state index is -6.04. The number of amides is 6. The molecule has 0 fully saturated rings. The molecule has 0 unspecified atom stereocenters. The van der Waals surface area contributed by atoms with Crippen LogP contribution in [0.3, 0.4) is 0 Å². The lowest BCUT2D eigenvalue weighted by Crippen LogP contribution is -2.54. The fourth-order valence-electron chi connectivity index (χ4n) is 7.55. The minimum Gasteiger partial charge on any atom is -0.399 e. The molecule has 0 saturated heterocycles. The van der Waals surface area contributed by atoms with Gasteiger partial charge in [0.25, 0.3) is 35.4 Å². The van der Waals surface area contributed by atoms with E-state index in [-0.39, 0.29) is 44.8 Å². The third kappa shape index (κ3) is 7.02. The molecule has 6 amide bonds. The topological polar surface area (TPSA) is 159 Å². The number of nitrogens with zero attached hydrogens (tertiary/aromatic N) is 2. The van der Waals surface area contributed by atoms with Crippen LogP contribution >= 0.6 is 0 Å². The number of hydrogen-bond donors (Lipinski definition) is 3. The molecule has 2 aliphatic rings. The van der Waals surface area contributed by atoms with Gasteiger partial charge in [-0.1, -0.05) is 42.0 Å². The van der Waals surface area contributed by atoms with E-state index in [2.05, 4.69) is 10.6 Å². The van der Waals surface area contributed by atoms with E-state index in [1.165, 1.54) is 36.4 Å². The van der Waals surface area contributed by atoms with Crippen molar-refractivity contribution in [1.29, 1.82) is 0 Å². The second kappa shape index (κ2) is 15.1. The number of benzene rings is 6. The first-order chi connectivity index (χ1) is 29.8. The number of fused-ring (bicyclic) bond motifs is 2. The van der Waals surface area contributed by atoms with Crippen molar-refractivity contribution in [1.82, 2.24) is 0 Å². The van der Waals surface area contributed by atoms with Crippen LogP contribution in [-0.2, 0) is 5.41 Å². The molecule has 63 heavy (non-hydrogen) atoms. The van der Waals surface area contributed by atoms with Gasteiger partial charge in [-0.2, -0.15) is 26.3 Å². The Hall–Kier alpha value is -8.08. The predicted molar refractivity (Wildman–Crippen MR) is 219 cm³/mol. The summed E-state index contributed by atoms with van der Waals surface area (Å²) in [7, 11) is 0. The van der Waals surface area contributed by atoms with Crippen LogP contribution in [0.4, 0.5) is 54.8 Å². The quantitative estimate of drug-likeness (QED) is 0.0782. The van der Waals surface area contributed by atoms with Gasteiger partial charge in [-0.15, -0.1) is 0 Å². The number of alkyl halides is 6. The molecule has 4 N–H and O–H groups in total. The smallest absolute Gasteiger partial charge is 0.399 e. The average molecular weight is 862 g/mol. The summed E-state index contributed by atoms with van der Waals surface area (Å²) in [6.07, 6.45) is -12.1. The summed E-state index contributed by atoms with van der Waals surface area (Å²) in [4.78, 5) is 80.8. The molecule has 0 bridgehead atoms. The highest BCUT2D eigenvalue weighted by atomic mass is 19.4. The maximum absolute atomic E-state index is 15.1. The molecule has 11 nitrogen and oxygen atoms in total. The van der Waals surface area contributed by atoms with Gasteiger partial charge < -0.3 is 16.4 Å². The summed E-state index contributed by atoms with van der Waals surface area (Å²) < 4.78 is 90.8. The van der Waals surface area contributed by atoms with Gasteiger partial charge in [0, 0.05) is 28.2 Å². The van der Waals surface area contributed by atoms with Crippen LogP contribution < -0.4 is 26.2 Å². The van der Waals surface area contributed by atoms with Gasteiger partial charge in [-0.25, -0.2) is 9.80 Å². The zero-order valence-electron chi connectivity index (χ0n) is 32.4. The highest BCUT2D eigenvalue weighted by molar-refractivity contribution is 6.35. The Morgan fingerprint density at radius 1 is 0.476 bits per heavy atom. The van der Waals surface area contributed by atoms with Crippen LogP contribution in [-0.4, -0.2) is 47.8 Å². The van der Waals surface area contributed by atoms with E-state index in [1.54, 1.807) is 36.4 Å². The number of nitrogens with two attached hydrogens (primary N) is 1. The number of carbonyl (C=O) groups is 6. The first-order valence-electron chi connectivity index (χ1n) is 18.8. The van der Waals surface area contributed by atoms with Crippen LogP contribution in [0.1, 0.15) is 78.8 Å². The second-order valence-corrected chi connectivity index (χ2v) is 14.6. The second-order valence-electron chi connectivity index (χ2n) is 14.6. The van der Waals surface area contributed by atoms with Gasteiger partial charge in [0.2, 0.25) is 5.41 Å². The molecule has 2 aliphatic heterocycles. The largest absolute Gasteiger partial charge is 0.411 e. The number of imide groups is 2. The molecule has 0 saturated carbocycles. The molecular weight excluding hydrogens is 833 g/mol. The maximum Gasteiger partial charge on any atom is 0.411 e. The number of hydrogen-bond acceptors (Lipinski definition) is 7. The third-order valence-electron chi connectivity index (χ3n) is 10.7. The fraction of sp³-hybridized carbons (Fsp3) is 0.0870. The van der Waals surface area contributed by atoms with Crippen molar-refractivity contribution >= 4 is 63.9 Å². The van der Waals surface area contributed by atoms with Gasteiger partial charge in [-0.3, -0.25) is 28.8 Å². The van der Waals surface area contributed by atoms with Crippen molar-refractivity contribution in [2.24, 2.45) is 0 Å². The summed E-state index contributed by atoms with van der Waals surface area (Å²) >= 11 is 0. The zero-order valence-corrected chi connectivity index (χ0v) is 32.4. The van der Waals surface area contributed by atoms with Gasteiger partial charge in [0.15, 0.2) is 0 Å². The number of nitrogen functional groups attached to an aromatic ring is 1. The van der Waals surface area contributed by atoms with Crippen molar-refractivity contribution < 1.29 is 55.1 Å². The number of aryl methyl sites for hydroxylation is 1. The van der Waals surface area contributed by atoms with E-state index in [0.29, 0.717) is 51.1 Å². The molecule has 17 heteroatoms. The van der Waals surface area contributed by atoms with Crippen LogP contribution in [0.25, 0.3) is 0 Å². The molecular formula is C46H29F6N5O6. The van der Waals surface area contributed by atoms with Crippen molar-refractivity contribution in [2.45, 2.75) is 24.7 Å². The molecule has 6 aromatic carbocycles. The van der Waals surface area contributed by atoms with Crippen molar-refractivity contribution in [3.05, 3.63) is 184 Å².